The molecule has 2 rings (SSSR count). The summed E-state index contributed by atoms with van der Waals surface area (Å²) >= 11 is 1.37. The first-order valence-electron chi connectivity index (χ1n) is 6.53. The molecule has 0 bridgehead atoms. The van der Waals surface area contributed by atoms with Gasteiger partial charge in [-0.15, -0.1) is 11.3 Å². The highest BCUT2D eigenvalue weighted by Crippen LogP contribution is 2.07. The van der Waals surface area contributed by atoms with Crippen molar-refractivity contribution in [3.63, 3.8) is 0 Å². The van der Waals surface area contributed by atoms with Crippen molar-refractivity contribution in [2.75, 3.05) is 26.2 Å². The van der Waals surface area contributed by atoms with E-state index in [1.807, 2.05) is 11.4 Å². The molecule has 0 spiro atoms. The van der Waals surface area contributed by atoms with Gasteiger partial charge in [0.15, 0.2) is 0 Å². The van der Waals surface area contributed by atoms with E-state index in [4.69, 9.17) is 0 Å². The number of nitrogens with zero attached hydrogens (tertiary/aromatic N) is 1. The molecule has 2 N–H and O–H groups in total. The van der Waals surface area contributed by atoms with Gasteiger partial charge in [-0.25, -0.2) is 0 Å². The Morgan fingerprint density at radius 2 is 2.25 bits per heavy atom. The van der Waals surface area contributed by atoms with Gasteiger partial charge >= 0.3 is 0 Å². The largest absolute Gasteiger partial charge is 0.354 e. The number of thiophene rings is 1. The molecule has 2 heterocycles. The van der Waals surface area contributed by atoms with Gasteiger partial charge in [-0.3, -0.25) is 14.4 Å². The van der Waals surface area contributed by atoms with Gasteiger partial charge in [-0.05, 0) is 11.4 Å². The second-order valence-corrected chi connectivity index (χ2v) is 5.41. The standard InChI is InChI=1S/C13H17N3O3S/c17-11-4-7-16(8-6-14-11)12(18)3-5-15-13(19)10-2-1-9-20-10/h1-2,9H,3-8H2,(H,14,17)(H,15,19). The molecule has 6 nitrogen and oxygen atoms in total. The van der Waals surface area contributed by atoms with Crippen molar-refractivity contribution >= 4 is 29.1 Å². The van der Waals surface area contributed by atoms with Crippen molar-refractivity contribution in [3.05, 3.63) is 22.4 Å². The predicted octanol–water partition coefficient (Wildman–Crippen LogP) is 0.216. The number of hydrogen-bond acceptors (Lipinski definition) is 4. The van der Waals surface area contributed by atoms with Gasteiger partial charge in [0.05, 0.1) is 4.88 Å². The SMILES string of the molecule is O=C1CCN(C(=O)CCNC(=O)c2cccs2)CCN1. The summed E-state index contributed by atoms with van der Waals surface area (Å²) in [5, 5.41) is 7.28. The first-order valence-corrected chi connectivity index (χ1v) is 7.41. The Morgan fingerprint density at radius 1 is 1.40 bits per heavy atom. The van der Waals surface area contributed by atoms with Crippen LogP contribution in [0.3, 0.4) is 0 Å². The van der Waals surface area contributed by atoms with Crippen LogP contribution in [-0.4, -0.2) is 48.8 Å². The summed E-state index contributed by atoms with van der Waals surface area (Å²) in [6.45, 7) is 1.78. The van der Waals surface area contributed by atoms with Gasteiger partial charge in [0.25, 0.3) is 5.91 Å². The topological polar surface area (TPSA) is 78.5 Å². The zero-order valence-corrected chi connectivity index (χ0v) is 11.9. The van der Waals surface area contributed by atoms with E-state index in [-0.39, 0.29) is 24.1 Å². The number of carbonyl (C=O) groups excluding carboxylic acids is 3. The van der Waals surface area contributed by atoms with Crippen LogP contribution >= 0.6 is 11.3 Å². The van der Waals surface area contributed by atoms with E-state index < -0.39 is 0 Å². The molecule has 0 aliphatic carbocycles. The summed E-state index contributed by atoms with van der Waals surface area (Å²) < 4.78 is 0. The van der Waals surface area contributed by atoms with Crippen LogP contribution in [0.2, 0.25) is 0 Å². The second-order valence-electron chi connectivity index (χ2n) is 4.46. The minimum Gasteiger partial charge on any atom is -0.354 e. The molecule has 7 heteroatoms. The van der Waals surface area contributed by atoms with Crippen LogP contribution in [0.25, 0.3) is 0 Å². The Bertz CT molecular complexity index is 487. The molecule has 3 amide bonds. The minimum atomic E-state index is -0.152. The van der Waals surface area contributed by atoms with Gasteiger partial charge in [0.1, 0.15) is 0 Å². The third kappa shape index (κ3) is 4.06. The smallest absolute Gasteiger partial charge is 0.261 e. The second kappa shape index (κ2) is 7.04. The summed E-state index contributed by atoms with van der Waals surface area (Å²) in [6, 6.07) is 3.56. The molecular formula is C13H17N3O3S. The van der Waals surface area contributed by atoms with E-state index in [9.17, 15) is 14.4 Å². The number of rotatable bonds is 4. The summed E-state index contributed by atoms with van der Waals surface area (Å²) in [6.07, 6.45) is 0.596. The zero-order chi connectivity index (χ0) is 14.4. The van der Waals surface area contributed by atoms with Gasteiger partial charge < -0.3 is 15.5 Å². The van der Waals surface area contributed by atoms with Gasteiger partial charge in [0.2, 0.25) is 11.8 Å². The average Bonchev–Trinajstić information content (AvgIpc) is 2.88. The lowest BCUT2D eigenvalue weighted by atomic mass is 10.3. The molecular weight excluding hydrogens is 278 g/mol. The van der Waals surface area contributed by atoms with Crippen molar-refractivity contribution in [2.45, 2.75) is 12.8 Å². The van der Waals surface area contributed by atoms with Crippen LogP contribution in [0.4, 0.5) is 0 Å². The van der Waals surface area contributed by atoms with E-state index in [0.29, 0.717) is 37.5 Å². The maximum Gasteiger partial charge on any atom is 0.261 e. The van der Waals surface area contributed by atoms with E-state index in [1.54, 1.807) is 11.0 Å². The summed E-state index contributed by atoms with van der Waals surface area (Å²) in [5.74, 6) is -0.209. The van der Waals surface area contributed by atoms with E-state index in [1.165, 1.54) is 11.3 Å². The highest BCUT2D eigenvalue weighted by Gasteiger charge is 2.18. The molecule has 0 atom stereocenters. The van der Waals surface area contributed by atoms with Crippen LogP contribution < -0.4 is 10.6 Å². The summed E-state index contributed by atoms with van der Waals surface area (Å²) in [5.41, 5.74) is 0. The monoisotopic (exact) mass is 295 g/mol. The third-order valence-corrected chi connectivity index (χ3v) is 3.90. The highest BCUT2D eigenvalue weighted by molar-refractivity contribution is 7.12. The Kier molecular flexibility index (Phi) is 5.11. The Hall–Kier alpha value is -1.89. The Balaban J connectivity index is 1.72. The maximum atomic E-state index is 12.0. The molecule has 108 valence electrons. The zero-order valence-electron chi connectivity index (χ0n) is 11.1. The van der Waals surface area contributed by atoms with Crippen LogP contribution in [0.15, 0.2) is 17.5 Å². The lowest BCUT2D eigenvalue weighted by molar-refractivity contribution is -0.130. The number of carbonyl (C=O) groups is 3. The Labute approximate surface area is 121 Å². The van der Waals surface area contributed by atoms with Crippen molar-refractivity contribution in [1.29, 1.82) is 0 Å². The fourth-order valence-corrected chi connectivity index (χ4v) is 2.59. The molecule has 1 aromatic rings. The maximum absolute atomic E-state index is 12.0. The molecule has 1 fully saturated rings. The molecule has 0 radical (unpaired) electrons. The van der Waals surface area contributed by atoms with Crippen molar-refractivity contribution in [1.82, 2.24) is 15.5 Å². The van der Waals surface area contributed by atoms with Crippen molar-refractivity contribution < 1.29 is 14.4 Å². The van der Waals surface area contributed by atoms with Gasteiger partial charge in [-0.2, -0.15) is 0 Å². The molecule has 0 saturated carbocycles. The normalized spacial score (nSPS) is 15.4. The molecule has 0 aromatic carbocycles. The van der Waals surface area contributed by atoms with Gasteiger partial charge in [-0.1, -0.05) is 6.07 Å². The molecule has 1 aromatic heterocycles. The third-order valence-electron chi connectivity index (χ3n) is 3.03. The lowest BCUT2D eigenvalue weighted by Gasteiger charge is -2.19. The molecule has 1 aliphatic rings. The molecule has 1 saturated heterocycles. The van der Waals surface area contributed by atoms with E-state index in [0.717, 1.165) is 0 Å². The van der Waals surface area contributed by atoms with E-state index >= 15 is 0 Å². The highest BCUT2D eigenvalue weighted by atomic mass is 32.1. The van der Waals surface area contributed by atoms with Crippen LogP contribution in [-0.2, 0) is 9.59 Å². The molecule has 20 heavy (non-hydrogen) atoms. The average molecular weight is 295 g/mol. The first-order chi connectivity index (χ1) is 9.66. The van der Waals surface area contributed by atoms with Crippen molar-refractivity contribution in [2.24, 2.45) is 0 Å². The lowest BCUT2D eigenvalue weighted by Crippen LogP contribution is -2.36. The van der Waals surface area contributed by atoms with Crippen LogP contribution in [0.1, 0.15) is 22.5 Å². The minimum absolute atomic E-state index is 0.0219. The first kappa shape index (κ1) is 14.5. The Morgan fingerprint density at radius 3 is 3.00 bits per heavy atom. The number of amides is 3. The fraction of sp³-hybridized carbons (Fsp3) is 0.462. The van der Waals surface area contributed by atoms with Crippen LogP contribution in [0.5, 0.6) is 0 Å². The fourth-order valence-electron chi connectivity index (χ4n) is 1.95. The number of hydrogen-bond donors (Lipinski definition) is 2. The summed E-state index contributed by atoms with van der Waals surface area (Å²) in [4.78, 5) is 37.1. The predicted molar refractivity (Wildman–Crippen MR) is 75.5 cm³/mol. The van der Waals surface area contributed by atoms with Gasteiger partial charge in [0, 0.05) is 39.0 Å². The molecule has 0 unspecified atom stereocenters. The van der Waals surface area contributed by atoms with E-state index in [2.05, 4.69) is 10.6 Å². The summed E-state index contributed by atoms with van der Waals surface area (Å²) in [7, 11) is 0. The van der Waals surface area contributed by atoms with Crippen LogP contribution in [0, 0.1) is 0 Å². The van der Waals surface area contributed by atoms with Crippen molar-refractivity contribution in [3.8, 4) is 0 Å². The number of nitrogens with one attached hydrogen (secondary N) is 2. The quantitative estimate of drug-likeness (QED) is 0.834. The molecule has 1 aliphatic heterocycles.